The number of carbonyl (C=O) groups excluding carboxylic acids is 2. The van der Waals surface area contributed by atoms with E-state index in [-0.39, 0.29) is 24.6 Å². The Hall–Kier alpha value is -3.48. The van der Waals surface area contributed by atoms with Gasteiger partial charge in [0.05, 0.1) is 17.8 Å². The molecule has 2 aromatic rings. The molecule has 0 atom stereocenters. The van der Waals surface area contributed by atoms with Gasteiger partial charge < -0.3 is 20.1 Å². The molecule has 0 unspecified atom stereocenters. The standard InChI is InChI=1S/C24H25N3O4/c1-15-25-20-12-17(23(28)26-18-5-3-2-4-6-18)8-9-19(20)24(29)27(15)13-16-7-10-21-22(11-16)31-14-30-21/h7-12,18,25H,1-6,13-14H2,(H,26,28). The lowest BCUT2D eigenvalue weighted by Crippen LogP contribution is -2.38. The molecule has 7 nitrogen and oxygen atoms in total. The lowest BCUT2D eigenvalue weighted by Gasteiger charge is -2.32. The number of hydrogen-bond acceptors (Lipinski definition) is 5. The van der Waals surface area contributed by atoms with Crippen molar-refractivity contribution in [3.8, 4) is 11.5 Å². The maximum Gasteiger partial charge on any atom is 0.261 e. The van der Waals surface area contributed by atoms with Crippen molar-refractivity contribution in [1.29, 1.82) is 0 Å². The molecule has 160 valence electrons. The molecule has 2 amide bonds. The quantitative estimate of drug-likeness (QED) is 0.783. The van der Waals surface area contributed by atoms with Crippen LogP contribution in [0.4, 0.5) is 5.69 Å². The van der Waals surface area contributed by atoms with E-state index in [0.717, 1.165) is 31.2 Å². The van der Waals surface area contributed by atoms with Crippen molar-refractivity contribution in [3.63, 3.8) is 0 Å². The van der Waals surface area contributed by atoms with E-state index in [2.05, 4.69) is 17.2 Å². The van der Waals surface area contributed by atoms with E-state index in [1.807, 2.05) is 18.2 Å². The summed E-state index contributed by atoms with van der Waals surface area (Å²) in [6.07, 6.45) is 5.61. The second kappa shape index (κ2) is 7.98. The van der Waals surface area contributed by atoms with Gasteiger partial charge in [0.1, 0.15) is 5.82 Å². The molecule has 0 aromatic heterocycles. The minimum absolute atomic E-state index is 0.0997. The molecule has 2 heterocycles. The first kappa shape index (κ1) is 19.5. The van der Waals surface area contributed by atoms with E-state index in [1.54, 1.807) is 23.1 Å². The van der Waals surface area contributed by atoms with Gasteiger partial charge in [-0.15, -0.1) is 0 Å². The van der Waals surface area contributed by atoms with Crippen molar-refractivity contribution in [2.75, 3.05) is 12.1 Å². The molecule has 3 aliphatic rings. The number of carbonyl (C=O) groups is 2. The van der Waals surface area contributed by atoms with E-state index in [4.69, 9.17) is 9.47 Å². The fraction of sp³-hybridized carbons (Fsp3) is 0.333. The van der Waals surface area contributed by atoms with Crippen LogP contribution in [-0.4, -0.2) is 29.5 Å². The molecule has 0 saturated heterocycles. The summed E-state index contributed by atoms with van der Waals surface area (Å²) in [4.78, 5) is 27.4. The summed E-state index contributed by atoms with van der Waals surface area (Å²) in [5.74, 6) is 1.60. The highest BCUT2D eigenvalue weighted by Crippen LogP contribution is 2.34. The van der Waals surface area contributed by atoms with Gasteiger partial charge in [0.15, 0.2) is 11.5 Å². The van der Waals surface area contributed by atoms with Crippen molar-refractivity contribution >= 4 is 17.5 Å². The second-order valence-electron chi connectivity index (χ2n) is 8.22. The van der Waals surface area contributed by atoms with Gasteiger partial charge in [-0.2, -0.15) is 0 Å². The number of fused-ring (bicyclic) bond motifs is 2. The Kier molecular flexibility index (Phi) is 5.02. The van der Waals surface area contributed by atoms with Gasteiger partial charge in [-0.25, -0.2) is 0 Å². The SMILES string of the molecule is C=C1Nc2cc(C(=O)NC3CCCCC3)ccc2C(=O)N1Cc1ccc2c(c1)OCO2. The molecular weight excluding hydrogens is 394 g/mol. The Morgan fingerprint density at radius 2 is 1.90 bits per heavy atom. The molecule has 1 fully saturated rings. The molecule has 1 aliphatic carbocycles. The van der Waals surface area contributed by atoms with Crippen LogP contribution < -0.4 is 20.1 Å². The van der Waals surface area contributed by atoms with Crippen LogP contribution >= 0.6 is 0 Å². The molecule has 0 radical (unpaired) electrons. The molecule has 5 rings (SSSR count). The van der Waals surface area contributed by atoms with E-state index < -0.39 is 0 Å². The summed E-state index contributed by atoms with van der Waals surface area (Å²) in [6.45, 7) is 4.58. The summed E-state index contributed by atoms with van der Waals surface area (Å²) >= 11 is 0. The summed E-state index contributed by atoms with van der Waals surface area (Å²) in [7, 11) is 0. The van der Waals surface area contributed by atoms with Crippen LogP contribution in [0.3, 0.4) is 0 Å². The fourth-order valence-electron chi connectivity index (χ4n) is 4.37. The Bertz CT molecular complexity index is 1060. The third-order valence-corrected chi connectivity index (χ3v) is 6.08. The normalized spacial score (nSPS) is 17.9. The van der Waals surface area contributed by atoms with Crippen molar-refractivity contribution in [3.05, 3.63) is 65.5 Å². The molecule has 0 bridgehead atoms. The van der Waals surface area contributed by atoms with Crippen LogP contribution in [0.25, 0.3) is 0 Å². The first-order chi connectivity index (χ1) is 15.1. The summed E-state index contributed by atoms with van der Waals surface area (Å²) in [6, 6.07) is 11.0. The van der Waals surface area contributed by atoms with E-state index in [9.17, 15) is 9.59 Å². The smallest absolute Gasteiger partial charge is 0.261 e. The van der Waals surface area contributed by atoms with E-state index in [1.165, 1.54) is 6.42 Å². The molecule has 7 heteroatoms. The Morgan fingerprint density at radius 3 is 2.74 bits per heavy atom. The first-order valence-electron chi connectivity index (χ1n) is 10.7. The van der Waals surface area contributed by atoms with Gasteiger partial charge >= 0.3 is 0 Å². The highest BCUT2D eigenvalue weighted by atomic mass is 16.7. The summed E-state index contributed by atoms with van der Waals surface area (Å²) in [5, 5.41) is 6.31. The van der Waals surface area contributed by atoms with Gasteiger partial charge in [-0.05, 0) is 48.7 Å². The monoisotopic (exact) mass is 419 g/mol. The summed E-state index contributed by atoms with van der Waals surface area (Å²) < 4.78 is 10.8. The highest BCUT2D eigenvalue weighted by Gasteiger charge is 2.29. The number of amides is 2. The zero-order valence-corrected chi connectivity index (χ0v) is 17.3. The van der Waals surface area contributed by atoms with Crippen molar-refractivity contribution < 1.29 is 19.1 Å². The molecular formula is C24H25N3O4. The van der Waals surface area contributed by atoms with Gasteiger partial charge in [-0.1, -0.05) is 31.9 Å². The van der Waals surface area contributed by atoms with Crippen molar-refractivity contribution in [2.45, 2.75) is 44.7 Å². The molecule has 0 spiro atoms. The largest absolute Gasteiger partial charge is 0.454 e. The lowest BCUT2D eigenvalue weighted by atomic mass is 9.95. The molecule has 1 saturated carbocycles. The maximum atomic E-state index is 13.1. The number of rotatable bonds is 4. The van der Waals surface area contributed by atoms with Crippen LogP contribution in [0.5, 0.6) is 11.5 Å². The topological polar surface area (TPSA) is 79.9 Å². The average Bonchev–Trinajstić information content (AvgIpc) is 3.25. The van der Waals surface area contributed by atoms with Gasteiger partial charge in [0.2, 0.25) is 6.79 Å². The zero-order valence-electron chi connectivity index (χ0n) is 17.3. The first-order valence-corrected chi connectivity index (χ1v) is 10.7. The predicted molar refractivity (Wildman–Crippen MR) is 116 cm³/mol. The van der Waals surface area contributed by atoms with Crippen LogP contribution in [0.1, 0.15) is 58.4 Å². The fourth-order valence-corrected chi connectivity index (χ4v) is 4.37. The second-order valence-corrected chi connectivity index (χ2v) is 8.22. The zero-order chi connectivity index (χ0) is 21.4. The van der Waals surface area contributed by atoms with Gasteiger partial charge in [-0.3, -0.25) is 14.5 Å². The number of ether oxygens (including phenoxy) is 2. The predicted octanol–water partition coefficient (Wildman–Crippen LogP) is 4.02. The van der Waals surface area contributed by atoms with Crippen LogP contribution in [-0.2, 0) is 6.54 Å². The number of anilines is 1. The minimum atomic E-state index is -0.157. The maximum absolute atomic E-state index is 13.1. The Balaban J connectivity index is 1.32. The average molecular weight is 419 g/mol. The number of nitrogens with one attached hydrogen (secondary N) is 2. The Morgan fingerprint density at radius 1 is 1.10 bits per heavy atom. The molecule has 2 aliphatic heterocycles. The van der Waals surface area contributed by atoms with Crippen LogP contribution in [0, 0.1) is 0 Å². The number of benzene rings is 2. The van der Waals surface area contributed by atoms with Gasteiger partial charge in [0, 0.05) is 11.6 Å². The number of hydrogen-bond donors (Lipinski definition) is 2. The van der Waals surface area contributed by atoms with Gasteiger partial charge in [0.25, 0.3) is 11.8 Å². The molecule has 31 heavy (non-hydrogen) atoms. The third kappa shape index (κ3) is 3.83. The van der Waals surface area contributed by atoms with Crippen LogP contribution in [0.15, 0.2) is 48.8 Å². The molecule has 2 aromatic carbocycles. The molecule has 2 N–H and O–H groups in total. The van der Waals surface area contributed by atoms with E-state index >= 15 is 0 Å². The lowest BCUT2D eigenvalue weighted by molar-refractivity contribution is 0.0791. The van der Waals surface area contributed by atoms with Crippen LogP contribution in [0.2, 0.25) is 0 Å². The van der Waals surface area contributed by atoms with E-state index in [0.29, 0.717) is 40.7 Å². The van der Waals surface area contributed by atoms with Crippen molar-refractivity contribution in [1.82, 2.24) is 10.2 Å². The Labute approximate surface area is 181 Å². The minimum Gasteiger partial charge on any atom is -0.454 e. The highest BCUT2D eigenvalue weighted by molar-refractivity contribution is 6.05. The van der Waals surface area contributed by atoms with Crippen molar-refractivity contribution in [2.24, 2.45) is 0 Å². The number of nitrogens with zero attached hydrogens (tertiary/aromatic N) is 1. The third-order valence-electron chi connectivity index (χ3n) is 6.08. The summed E-state index contributed by atoms with van der Waals surface area (Å²) in [5.41, 5.74) is 2.57.